The van der Waals surface area contributed by atoms with E-state index in [-0.39, 0.29) is 5.65 Å². The quantitative estimate of drug-likeness (QED) is 0.439. The van der Waals surface area contributed by atoms with E-state index in [1.807, 2.05) is 35.2 Å². The number of rotatable bonds is 3. The number of aromatic nitrogens is 4. The summed E-state index contributed by atoms with van der Waals surface area (Å²) in [4.78, 5) is 4.07. The molecule has 0 amide bonds. The number of benzene rings is 2. The number of anilines is 2. The van der Waals surface area contributed by atoms with Gasteiger partial charge < -0.3 is 9.80 Å². The van der Waals surface area contributed by atoms with E-state index in [1.165, 1.54) is 0 Å². The molecule has 0 aliphatic carbocycles. The maximum absolute atomic E-state index is 14.1. The second-order valence-corrected chi connectivity index (χ2v) is 7.51. The lowest BCUT2D eigenvalue weighted by Gasteiger charge is -2.37. The Balaban J connectivity index is 1.58. The number of piperazine rings is 1. The molecule has 0 bridgehead atoms. The van der Waals surface area contributed by atoms with Gasteiger partial charge in [-0.1, -0.05) is 42.5 Å². The van der Waals surface area contributed by atoms with E-state index in [2.05, 4.69) is 20.2 Å². The Morgan fingerprint density at radius 2 is 1.28 bits per heavy atom. The predicted octanol–water partition coefficient (Wildman–Crippen LogP) is 4.26. The lowest BCUT2D eigenvalue weighted by Crippen LogP contribution is -2.47. The van der Waals surface area contributed by atoms with E-state index in [0.717, 1.165) is 5.69 Å². The van der Waals surface area contributed by atoms with Crippen molar-refractivity contribution in [2.75, 3.05) is 36.0 Å². The van der Waals surface area contributed by atoms with Crippen LogP contribution in [-0.4, -0.2) is 52.2 Å². The topological polar surface area (TPSA) is 49.6 Å². The standard InChI is InChI=1S/C21H17F5N6/c22-20(23,21(24,25)26)19-28-27-17-15-8-4-5-9-16(15)18(29-32(17)19)31-12-10-30(11-13-31)14-6-2-1-3-7-14/h1-9H,10-13H2. The summed E-state index contributed by atoms with van der Waals surface area (Å²) >= 11 is 0. The lowest BCUT2D eigenvalue weighted by molar-refractivity contribution is -0.293. The fourth-order valence-corrected chi connectivity index (χ4v) is 3.94. The number of halogens is 5. The van der Waals surface area contributed by atoms with Gasteiger partial charge in [0.05, 0.1) is 0 Å². The molecule has 1 fully saturated rings. The largest absolute Gasteiger partial charge is 0.461 e. The molecule has 11 heteroatoms. The number of nitrogens with zero attached hydrogens (tertiary/aromatic N) is 6. The highest BCUT2D eigenvalue weighted by Crippen LogP contribution is 2.43. The molecule has 6 nitrogen and oxygen atoms in total. The zero-order chi connectivity index (χ0) is 22.5. The van der Waals surface area contributed by atoms with Gasteiger partial charge in [0.1, 0.15) is 0 Å². The van der Waals surface area contributed by atoms with Crippen molar-refractivity contribution in [1.82, 2.24) is 19.8 Å². The molecule has 1 aliphatic rings. The summed E-state index contributed by atoms with van der Waals surface area (Å²) < 4.78 is 67.9. The molecular formula is C21H17F5N6. The normalized spacial score (nSPS) is 15.7. The minimum Gasteiger partial charge on any atom is -0.368 e. The number of alkyl halides is 5. The van der Waals surface area contributed by atoms with Gasteiger partial charge in [0.2, 0.25) is 5.82 Å². The van der Waals surface area contributed by atoms with Crippen LogP contribution in [0.1, 0.15) is 5.82 Å². The molecule has 2 aromatic carbocycles. The van der Waals surface area contributed by atoms with Gasteiger partial charge in [0.15, 0.2) is 11.5 Å². The number of hydrogen-bond donors (Lipinski definition) is 0. The van der Waals surface area contributed by atoms with E-state index in [4.69, 9.17) is 0 Å². The average Bonchev–Trinajstić information content (AvgIpc) is 3.23. The highest BCUT2D eigenvalue weighted by Gasteiger charge is 2.62. The van der Waals surface area contributed by atoms with Crippen molar-refractivity contribution >= 4 is 27.9 Å². The van der Waals surface area contributed by atoms with E-state index >= 15 is 0 Å². The summed E-state index contributed by atoms with van der Waals surface area (Å²) in [5, 5.41) is 12.0. The van der Waals surface area contributed by atoms with Crippen LogP contribution < -0.4 is 9.80 Å². The molecule has 5 rings (SSSR count). The molecule has 2 aromatic heterocycles. The van der Waals surface area contributed by atoms with Crippen molar-refractivity contribution in [1.29, 1.82) is 0 Å². The smallest absolute Gasteiger partial charge is 0.368 e. The molecule has 0 spiro atoms. The summed E-state index contributed by atoms with van der Waals surface area (Å²) in [6.45, 7) is 2.33. The summed E-state index contributed by atoms with van der Waals surface area (Å²) in [6, 6.07) is 16.6. The van der Waals surface area contributed by atoms with Crippen molar-refractivity contribution in [3.8, 4) is 0 Å². The third-order valence-electron chi connectivity index (χ3n) is 5.58. The van der Waals surface area contributed by atoms with Gasteiger partial charge in [-0.05, 0) is 12.1 Å². The van der Waals surface area contributed by atoms with Gasteiger partial charge in [-0.3, -0.25) is 0 Å². The zero-order valence-electron chi connectivity index (χ0n) is 16.6. The molecule has 1 aliphatic heterocycles. The molecule has 3 heterocycles. The van der Waals surface area contributed by atoms with Crippen LogP contribution in [0, 0.1) is 0 Å². The van der Waals surface area contributed by atoms with Crippen molar-refractivity contribution in [2.24, 2.45) is 0 Å². The van der Waals surface area contributed by atoms with Gasteiger partial charge in [-0.15, -0.1) is 15.3 Å². The highest BCUT2D eigenvalue weighted by molar-refractivity contribution is 6.00. The van der Waals surface area contributed by atoms with Crippen LogP contribution in [0.2, 0.25) is 0 Å². The Bertz CT molecular complexity index is 1260. The molecule has 166 valence electrons. The molecule has 1 saturated heterocycles. The summed E-state index contributed by atoms with van der Waals surface area (Å²) in [5.41, 5.74) is 0.914. The molecular weight excluding hydrogens is 431 g/mol. The Morgan fingerprint density at radius 1 is 0.688 bits per heavy atom. The van der Waals surface area contributed by atoms with Crippen LogP contribution >= 0.6 is 0 Å². The number of hydrogen-bond acceptors (Lipinski definition) is 5. The van der Waals surface area contributed by atoms with Gasteiger partial charge >= 0.3 is 12.1 Å². The minimum atomic E-state index is -5.81. The Kier molecular flexibility index (Phi) is 4.64. The SMILES string of the molecule is FC(F)(F)C(F)(F)c1nnc2c3ccccc3c(N3CCN(c4ccccc4)CC3)nn12. The first-order valence-corrected chi connectivity index (χ1v) is 9.91. The van der Waals surface area contributed by atoms with Gasteiger partial charge in [-0.2, -0.15) is 26.5 Å². The molecule has 0 radical (unpaired) electrons. The van der Waals surface area contributed by atoms with Crippen LogP contribution in [0.15, 0.2) is 54.6 Å². The number of para-hydroxylation sites is 1. The lowest BCUT2D eigenvalue weighted by atomic mass is 10.1. The molecule has 4 aromatic rings. The van der Waals surface area contributed by atoms with E-state index < -0.39 is 17.9 Å². The second kappa shape index (κ2) is 7.28. The fourth-order valence-electron chi connectivity index (χ4n) is 3.94. The van der Waals surface area contributed by atoms with Gasteiger partial charge in [0, 0.05) is 42.6 Å². The van der Waals surface area contributed by atoms with E-state index in [1.54, 1.807) is 24.3 Å². The van der Waals surface area contributed by atoms with Crippen LogP contribution in [0.4, 0.5) is 33.5 Å². The average molecular weight is 448 g/mol. The van der Waals surface area contributed by atoms with Crippen LogP contribution in [0.3, 0.4) is 0 Å². The van der Waals surface area contributed by atoms with Crippen LogP contribution in [-0.2, 0) is 5.92 Å². The molecule has 0 N–H and O–H groups in total. The predicted molar refractivity (Wildman–Crippen MR) is 109 cm³/mol. The van der Waals surface area contributed by atoms with E-state index in [0.29, 0.717) is 47.3 Å². The summed E-state index contributed by atoms with van der Waals surface area (Å²) in [7, 11) is 0. The summed E-state index contributed by atoms with van der Waals surface area (Å²) in [5.74, 6) is -6.42. The first-order chi connectivity index (χ1) is 15.3. The first-order valence-electron chi connectivity index (χ1n) is 9.91. The fraction of sp³-hybridized carbons (Fsp3) is 0.286. The molecule has 0 atom stereocenters. The molecule has 0 saturated carbocycles. The monoisotopic (exact) mass is 448 g/mol. The van der Waals surface area contributed by atoms with Crippen LogP contribution in [0.5, 0.6) is 0 Å². The molecule has 32 heavy (non-hydrogen) atoms. The minimum absolute atomic E-state index is 0.147. The van der Waals surface area contributed by atoms with Crippen molar-refractivity contribution in [3.63, 3.8) is 0 Å². The van der Waals surface area contributed by atoms with Crippen molar-refractivity contribution < 1.29 is 22.0 Å². The van der Waals surface area contributed by atoms with E-state index in [9.17, 15) is 22.0 Å². The number of fused-ring (bicyclic) bond motifs is 3. The third-order valence-corrected chi connectivity index (χ3v) is 5.58. The third kappa shape index (κ3) is 3.19. The van der Waals surface area contributed by atoms with Gasteiger partial charge in [-0.25, -0.2) is 0 Å². The second-order valence-electron chi connectivity index (χ2n) is 7.51. The zero-order valence-corrected chi connectivity index (χ0v) is 16.6. The van der Waals surface area contributed by atoms with Crippen molar-refractivity contribution in [2.45, 2.75) is 12.1 Å². The summed E-state index contributed by atoms with van der Waals surface area (Å²) in [6.07, 6.45) is -5.81. The maximum atomic E-state index is 14.1. The molecule has 0 unspecified atom stereocenters. The Labute approximate surface area is 178 Å². The Morgan fingerprint density at radius 3 is 1.94 bits per heavy atom. The van der Waals surface area contributed by atoms with Crippen molar-refractivity contribution in [3.05, 3.63) is 60.4 Å². The van der Waals surface area contributed by atoms with Crippen LogP contribution in [0.25, 0.3) is 16.4 Å². The maximum Gasteiger partial charge on any atom is 0.461 e. The first kappa shape index (κ1) is 20.4. The Hall–Kier alpha value is -3.50. The highest BCUT2D eigenvalue weighted by atomic mass is 19.4. The van der Waals surface area contributed by atoms with Gasteiger partial charge in [0.25, 0.3) is 0 Å².